The fourth-order valence-electron chi connectivity index (χ4n) is 4.38. The fraction of sp³-hybridized carbons (Fsp3) is 0.320. The van der Waals surface area contributed by atoms with Crippen molar-refractivity contribution in [3.05, 3.63) is 69.8 Å². The number of benzene rings is 2. The SMILES string of the molecule is CN1CCC(Cc2ccc(Nc3ncc4c(n3)OCN(c3c(Cl)cccc3Cl)C4=O)cc2)CC1. The van der Waals surface area contributed by atoms with Crippen LogP contribution in [0.25, 0.3) is 0 Å². The molecule has 0 bridgehead atoms. The van der Waals surface area contributed by atoms with Gasteiger partial charge >= 0.3 is 0 Å². The highest BCUT2D eigenvalue weighted by molar-refractivity contribution is 6.40. The van der Waals surface area contributed by atoms with Gasteiger partial charge in [0.2, 0.25) is 11.8 Å². The van der Waals surface area contributed by atoms with E-state index in [0.29, 0.717) is 21.7 Å². The van der Waals surface area contributed by atoms with Crippen LogP contribution < -0.4 is 15.0 Å². The first-order valence-corrected chi connectivity index (χ1v) is 12.0. The van der Waals surface area contributed by atoms with E-state index in [2.05, 4.69) is 39.4 Å². The van der Waals surface area contributed by atoms with Gasteiger partial charge in [0, 0.05) is 11.9 Å². The van der Waals surface area contributed by atoms with Gasteiger partial charge in [-0.05, 0) is 75.1 Å². The third-order valence-corrected chi connectivity index (χ3v) is 6.95. The zero-order chi connectivity index (χ0) is 23.7. The van der Waals surface area contributed by atoms with E-state index < -0.39 is 0 Å². The minimum Gasteiger partial charge on any atom is -0.455 e. The number of likely N-dealkylation sites (tertiary alicyclic amines) is 1. The molecule has 3 aromatic rings. The van der Waals surface area contributed by atoms with Crippen molar-refractivity contribution >= 4 is 46.4 Å². The Morgan fingerprint density at radius 2 is 1.79 bits per heavy atom. The van der Waals surface area contributed by atoms with E-state index >= 15 is 0 Å². The van der Waals surface area contributed by atoms with Crippen LogP contribution in [0.2, 0.25) is 10.0 Å². The number of hydrogen-bond acceptors (Lipinski definition) is 6. The first-order valence-electron chi connectivity index (χ1n) is 11.3. The molecule has 0 saturated carbocycles. The maximum Gasteiger partial charge on any atom is 0.268 e. The molecule has 0 atom stereocenters. The van der Waals surface area contributed by atoms with E-state index in [0.717, 1.165) is 18.0 Å². The van der Waals surface area contributed by atoms with Gasteiger partial charge in [-0.25, -0.2) is 4.98 Å². The van der Waals surface area contributed by atoms with Gasteiger partial charge in [-0.15, -0.1) is 0 Å². The highest BCUT2D eigenvalue weighted by Crippen LogP contribution is 2.37. The Bertz CT molecular complexity index is 1180. The van der Waals surface area contributed by atoms with Crippen LogP contribution in [-0.4, -0.2) is 47.6 Å². The van der Waals surface area contributed by atoms with Crippen molar-refractivity contribution in [2.24, 2.45) is 5.92 Å². The van der Waals surface area contributed by atoms with E-state index in [4.69, 9.17) is 27.9 Å². The molecule has 7 nitrogen and oxygen atoms in total. The molecule has 2 aliphatic rings. The molecule has 0 unspecified atom stereocenters. The lowest BCUT2D eigenvalue weighted by atomic mass is 9.90. The number of amides is 1. The summed E-state index contributed by atoms with van der Waals surface area (Å²) in [5, 5.41) is 3.92. The second-order valence-electron chi connectivity index (χ2n) is 8.76. The van der Waals surface area contributed by atoms with E-state index in [1.54, 1.807) is 18.2 Å². The lowest BCUT2D eigenvalue weighted by Gasteiger charge is -2.29. The Hall–Kier alpha value is -2.87. The lowest BCUT2D eigenvalue weighted by molar-refractivity contribution is 0.0932. The quantitative estimate of drug-likeness (QED) is 0.508. The Balaban J connectivity index is 1.26. The predicted molar refractivity (Wildman–Crippen MR) is 134 cm³/mol. The number of aromatic nitrogens is 2. The van der Waals surface area contributed by atoms with Crippen molar-refractivity contribution in [1.82, 2.24) is 14.9 Å². The molecule has 34 heavy (non-hydrogen) atoms. The van der Waals surface area contributed by atoms with Gasteiger partial charge < -0.3 is 15.0 Å². The number of halogens is 2. The molecule has 0 spiro atoms. The summed E-state index contributed by atoms with van der Waals surface area (Å²) in [6.45, 7) is 2.30. The van der Waals surface area contributed by atoms with Crippen molar-refractivity contribution in [3.8, 4) is 5.88 Å². The number of piperidine rings is 1. The monoisotopic (exact) mass is 497 g/mol. The van der Waals surface area contributed by atoms with Gasteiger partial charge in [0.05, 0.1) is 15.7 Å². The van der Waals surface area contributed by atoms with Crippen LogP contribution >= 0.6 is 23.2 Å². The van der Waals surface area contributed by atoms with Gasteiger partial charge in [-0.2, -0.15) is 4.98 Å². The summed E-state index contributed by atoms with van der Waals surface area (Å²) in [5.74, 6) is 1.01. The third kappa shape index (κ3) is 4.82. The molecule has 3 heterocycles. The first kappa shape index (κ1) is 22.9. The van der Waals surface area contributed by atoms with Crippen molar-refractivity contribution < 1.29 is 9.53 Å². The maximum atomic E-state index is 13.0. The average molecular weight is 498 g/mol. The number of nitrogens with one attached hydrogen (secondary N) is 1. The molecule has 9 heteroatoms. The topological polar surface area (TPSA) is 70.6 Å². The number of carbonyl (C=O) groups is 1. The number of rotatable bonds is 5. The number of nitrogens with zero attached hydrogens (tertiary/aromatic N) is 4. The molecule has 0 radical (unpaired) electrons. The average Bonchev–Trinajstić information content (AvgIpc) is 2.83. The number of fused-ring (bicyclic) bond motifs is 1. The molecule has 5 rings (SSSR count). The van der Waals surface area contributed by atoms with Gasteiger partial charge in [-0.1, -0.05) is 41.4 Å². The summed E-state index contributed by atoms with van der Waals surface area (Å²) in [7, 11) is 2.19. The first-order chi connectivity index (χ1) is 16.5. The zero-order valence-electron chi connectivity index (χ0n) is 18.8. The summed E-state index contributed by atoms with van der Waals surface area (Å²) in [5.41, 5.74) is 2.86. The molecule has 1 aromatic heterocycles. The van der Waals surface area contributed by atoms with E-state index in [1.165, 1.54) is 42.6 Å². The number of carbonyl (C=O) groups excluding carboxylic acids is 1. The second kappa shape index (κ2) is 9.78. The van der Waals surface area contributed by atoms with Crippen LogP contribution in [0.1, 0.15) is 28.8 Å². The Morgan fingerprint density at radius 3 is 2.50 bits per heavy atom. The van der Waals surface area contributed by atoms with Gasteiger partial charge in [-0.3, -0.25) is 9.69 Å². The van der Waals surface area contributed by atoms with Gasteiger partial charge in [0.15, 0.2) is 6.73 Å². The van der Waals surface area contributed by atoms with Crippen molar-refractivity contribution in [3.63, 3.8) is 0 Å². The zero-order valence-corrected chi connectivity index (χ0v) is 20.3. The standard InChI is InChI=1S/C25H25Cl2N5O2/c1-31-11-9-17(10-12-31)13-16-5-7-18(8-6-16)29-25-28-14-19-23(30-25)34-15-32(24(19)33)22-20(26)3-2-4-21(22)27/h2-8,14,17H,9-13,15H2,1H3,(H,28,29,30). The Morgan fingerprint density at radius 1 is 1.09 bits per heavy atom. The molecule has 2 aliphatic heterocycles. The van der Waals surface area contributed by atoms with Crippen LogP contribution in [0.5, 0.6) is 5.88 Å². The molecule has 1 fully saturated rings. The van der Waals surface area contributed by atoms with Crippen LogP contribution in [0.3, 0.4) is 0 Å². The molecule has 0 aliphatic carbocycles. The van der Waals surface area contributed by atoms with Gasteiger partial charge in [0.1, 0.15) is 5.56 Å². The minimum absolute atomic E-state index is 0.0443. The van der Waals surface area contributed by atoms with E-state index in [9.17, 15) is 4.79 Å². The molecule has 1 N–H and O–H groups in total. The molecular weight excluding hydrogens is 473 g/mol. The summed E-state index contributed by atoms with van der Waals surface area (Å²) < 4.78 is 5.75. The lowest BCUT2D eigenvalue weighted by Crippen LogP contribution is -2.39. The van der Waals surface area contributed by atoms with Crippen molar-refractivity contribution in [2.45, 2.75) is 19.3 Å². The number of hydrogen-bond donors (Lipinski definition) is 1. The number of anilines is 3. The molecule has 1 saturated heterocycles. The van der Waals surface area contributed by atoms with E-state index in [-0.39, 0.29) is 24.1 Å². The number of ether oxygens (including phenoxy) is 1. The number of para-hydroxylation sites is 1. The van der Waals surface area contributed by atoms with Crippen molar-refractivity contribution in [1.29, 1.82) is 0 Å². The van der Waals surface area contributed by atoms with Crippen LogP contribution in [-0.2, 0) is 6.42 Å². The Labute approximate surface area is 208 Å². The summed E-state index contributed by atoms with van der Waals surface area (Å²) in [6, 6.07) is 13.4. The summed E-state index contributed by atoms with van der Waals surface area (Å²) >= 11 is 12.5. The third-order valence-electron chi connectivity index (χ3n) is 6.34. The predicted octanol–water partition coefficient (Wildman–Crippen LogP) is 5.41. The molecule has 2 aromatic carbocycles. The minimum atomic E-state index is -0.318. The fourth-order valence-corrected chi connectivity index (χ4v) is 4.98. The van der Waals surface area contributed by atoms with Crippen LogP contribution in [0, 0.1) is 5.92 Å². The van der Waals surface area contributed by atoms with E-state index in [1.807, 2.05) is 12.1 Å². The van der Waals surface area contributed by atoms with Gasteiger partial charge in [0.25, 0.3) is 5.91 Å². The largest absolute Gasteiger partial charge is 0.455 e. The van der Waals surface area contributed by atoms with Crippen molar-refractivity contribution in [2.75, 3.05) is 37.1 Å². The highest BCUT2D eigenvalue weighted by Gasteiger charge is 2.31. The highest BCUT2D eigenvalue weighted by atomic mass is 35.5. The Kier molecular flexibility index (Phi) is 6.59. The maximum absolute atomic E-state index is 13.0. The normalized spacial score (nSPS) is 16.8. The summed E-state index contributed by atoms with van der Waals surface area (Å²) in [4.78, 5) is 25.5. The van der Waals surface area contributed by atoms with Crippen LogP contribution in [0.4, 0.5) is 17.3 Å². The molecule has 176 valence electrons. The molecular formula is C25H25Cl2N5O2. The smallest absolute Gasteiger partial charge is 0.268 e. The summed E-state index contributed by atoms with van der Waals surface area (Å²) in [6.07, 6.45) is 5.06. The van der Waals surface area contributed by atoms with Crippen LogP contribution in [0.15, 0.2) is 48.7 Å². The molecule has 1 amide bonds. The second-order valence-corrected chi connectivity index (χ2v) is 9.58.